The van der Waals surface area contributed by atoms with Crippen LogP contribution < -0.4 is 0 Å². The Balaban J connectivity index is 1.85. The first-order chi connectivity index (χ1) is 11.8. The topological polar surface area (TPSA) is 41.6 Å². The van der Waals surface area contributed by atoms with Crippen molar-refractivity contribution in [3.8, 4) is 22.5 Å². The molecule has 0 bridgehead atoms. The van der Waals surface area contributed by atoms with Crippen molar-refractivity contribution in [1.82, 2.24) is 15.0 Å². The standard InChI is InChI=1S/C20H18FN3/c21-17-8-6-14(7-9-17)18-19(15-10-12-22-13-11-15)24-20(23-18)16-4-2-1-3-5-16/h4,6-13H,1-3,5H2,(H,23,24). The zero-order valence-corrected chi connectivity index (χ0v) is 13.3. The van der Waals surface area contributed by atoms with Gasteiger partial charge in [-0.15, -0.1) is 0 Å². The van der Waals surface area contributed by atoms with E-state index in [2.05, 4.69) is 16.0 Å². The van der Waals surface area contributed by atoms with Crippen LogP contribution in [0, 0.1) is 5.82 Å². The fourth-order valence-corrected chi connectivity index (χ4v) is 3.12. The summed E-state index contributed by atoms with van der Waals surface area (Å²) < 4.78 is 13.3. The van der Waals surface area contributed by atoms with Gasteiger partial charge in [0.2, 0.25) is 0 Å². The lowest BCUT2D eigenvalue weighted by atomic mass is 9.99. The van der Waals surface area contributed by atoms with Crippen LogP contribution in [-0.2, 0) is 0 Å². The van der Waals surface area contributed by atoms with E-state index < -0.39 is 0 Å². The van der Waals surface area contributed by atoms with E-state index in [1.54, 1.807) is 24.5 Å². The van der Waals surface area contributed by atoms with E-state index in [1.807, 2.05) is 12.1 Å². The minimum atomic E-state index is -0.241. The SMILES string of the molecule is Fc1ccc(-c2nc(C3=CCCCC3)[nH]c2-c2ccncc2)cc1. The Morgan fingerprint density at radius 3 is 2.42 bits per heavy atom. The van der Waals surface area contributed by atoms with E-state index in [4.69, 9.17) is 4.98 Å². The maximum absolute atomic E-state index is 13.3. The van der Waals surface area contributed by atoms with E-state index in [9.17, 15) is 4.39 Å². The average Bonchev–Trinajstić information content (AvgIpc) is 3.09. The summed E-state index contributed by atoms with van der Waals surface area (Å²) in [6, 6.07) is 10.4. The monoisotopic (exact) mass is 319 g/mol. The number of aromatic nitrogens is 3. The molecule has 1 aliphatic carbocycles. The predicted molar refractivity (Wildman–Crippen MR) is 93.7 cm³/mol. The molecule has 0 unspecified atom stereocenters. The third-order valence-electron chi connectivity index (χ3n) is 4.39. The Bertz CT molecular complexity index is 864. The molecule has 0 saturated heterocycles. The lowest BCUT2D eigenvalue weighted by molar-refractivity contribution is 0.628. The van der Waals surface area contributed by atoms with Crippen molar-refractivity contribution in [2.75, 3.05) is 0 Å². The number of hydrogen-bond acceptors (Lipinski definition) is 2. The van der Waals surface area contributed by atoms with Gasteiger partial charge in [0.1, 0.15) is 11.6 Å². The fourth-order valence-electron chi connectivity index (χ4n) is 3.12. The van der Waals surface area contributed by atoms with Gasteiger partial charge in [0.25, 0.3) is 0 Å². The maximum Gasteiger partial charge on any atom is 0.134 e. The van der Waals surface area contributed by atoms with Crippen LogP contribution in [0.2, 0.25) is 0 Å². The summed E-state index contributed by atoms with van der Waals surface area (Å²) >= 11 is 0. The number of imidazole rings is 1. The van der Waals surface area contributed by atoms with Gasteiger partial charge in [-0.25, -0.2) is 9.37 Å². The second-order valence-electron chi connectivity index (χ2n) is 6.03. The van der Waals surface area contributed by atoms with Gasteiger partial charge in [0, 0.05) is 23.5 Å². The molecular weight excluding hydrogens is 301 g/mol. The lowest BCUT2D eigenvalue weighted by Gasteiger charge is -2.09. The van der Waals surface area contributed by atoms with Crippen LogP contribution in [0.5, 0.6) is 0 Å². The van der Waals surface area contributed by atoms with Crippen molar-refractivity contribution in [2.24, 2.45) is 0 Å². The van der Waals surface area contributed by atoms with Gasteiger partial charge in [-0.2, -0.15) is 0 Å². The van der Waals surface area contributed by atoms with Crippen LogP contribution >= 0.6 is 0 Å². The molecule has 3 nitrogen and oxygen atoms in total. The van der Waals surface area contributed by atoms with Crippen molar-refractivity contribution in [2.45, 2.75) is 25.7 Å². The maximum atomic E-state index is 13.3. The predicted octanol–water partition coefficient (Wildman–Crippen LogP) is 5.24. The van der Waals surface area contributed by atoms with Crippen molar-refractivity contribution < 1.29 is 4.39 Å². The number of pyridine rings is 1. The van der Waals surface area contributed by atoms with Gasteiger partial charge in [-0.3, -0.25) is 4.98 Å². The van der Waals surface area contributed by atoms with E-state index in [0.29, 0.717) is 0 Å². The summed E-state index contributed by atoms with van der Waals surface area (Å²) in [6.45, 7) is 0. The summed E-state index contributed by atoms with van der Waals surface area (Å²) in [6.07, 6.45) is 10.4. The van der Waals surface area contributed by atoms with Gasteiger partial charge in [0.05, 0.1) is 11.4 Å². The molecule has 3 aromatic rings. The first kappa shape index (κ1) is 14.8. The molecule has 1 aromatic carbocycles. The number of aromatic amines is 1. The van der Waals surface area contributed by atoms with Crippen LogP contribution in [0.4, 0.5) is 4.39 Å². The number of nitrogens with zero attached hydrogens (tertiary/aromatic N) is 2. The minimum absolute atomic E-state index is 0.241. The highest BCUT2D eigenvalue weighted by molar-refractivity contribution is 5.80. The Morgan fingerprint density at radius 1 is 0.917 bits per heavy atom. The summed E-state index contributed by atoms with van der Waals surface area (Å²) in [5.41, 5.74) is 5.00. The van der Waals surface area contributed by atoms with E-state index in [1.165, 1.54) is 30.5 Å². The highest BCUT2D eigenvalue weighted by Crippen LogP contribution is 2.33. The van der Waals surface area contributed by atoms with Gasteiger partial charge in [-0.1, -0.05) is 6.08 Å². The van der Waals surface area contributed by atoms with Crippen molar-refractivity contribution in [3.63, 3.8) is 0 Å². The number of H-pyrrole nitrogens is 1. The molecule has 1 aliphatic rings. The first-order valence-electron chi connectivity index (χ1n) is 8.27. The van der Waals surface area contributed by atoms with Gasteiger partial charge >= 0.3 is 0 Å². The Labute approximate surface area is 140 Å². The molecule has 0 fully saturated rings. The summed E-state index contributed by atoms with van der Waals surface area (Å²) in [7, 11) is 0. The van der Waals surface area contributed by atoms with Crippen LogP contribution in [0.1, 0.15) is 31.5 Å². The molecular formula is C20H18FN3. The summed E-state index contributed by atoms with van der Waals surface area (Å²) in [5.74, 6) is 0.677. The molecule has 120 valence electrons. The number of rotatable bonds is 3. The third kappa shape index (κ3) is 2.87. The van der Waals surface area contributed by atoms with Crippen molar-refractivity contribution >= 4 is 5.57 Å². The Hall–Kier alpha value is -2.75. The van der Waals surface area contributed by atoms with Crippen LogP contribution in [-0.4, -0.2) is 15.0 Å². The van der Waals surface area contributed by atoms with E-state index in [0.717, 1.165) is 41.2 Å². The molecule has 0 saturated carbocycles. The number of allylic oxidation sites excluding steroid dienone is 2. The number of nitrogens with one attached hydrogen (secondary N) is 1. The smallest absolute Gasteiger partial charge is 0.134 e. The number of halogens is 1. The molecule has 1 N–H and O–H groups in total. The molecule has 0 spiro atoms. The van der Waals surface area contributed by atoms with E-state index in [-0.39, 0.29) is 5.82 Å². The lowest BCUT2D eigenvalue weighted by Crippen LogP contribution is -1.93. The van der Waals surface area contributed by atoms with Crippen molar-refractivity contribution in [3.05, 3.63) is 66.5 Å². The second kappa shape index (κ2) is 6.40. The highest BCUT2D eigenvalue weighted by atomic mass is 19.1. The van der Waals surface area contributed by atoms with Crippen LogP contribution in [0.25, 0.3) is 28.1 Å². The van der Waals surface area contributed by atoms with Crippen LogP contribution in [0.15, 0.2) is 54.9 Å². The van der Waals surface area contributed by atoms with Gasteiger partial charge < -0.3 is 4.98 Å². The Kier molecular flexibility index (Phi) is 3.95. The molecule has 2 aromatic heterocycles. The molecule has 0 aliphatic heterocycles. The quantitative estimate of drug-likeness (QED) is 0.717. The molecule has 24 heavy (non-hydrogen) atoms. The number of hydrogen-bond donors (Lipinski definition) is 1. The molecule has 0 radical (unpaired) electrons. The summed E-state index contributed by atoms with van der Waals surface area (Å²) in [5, 5.41) is 0. The second-order valence-corrected chi connectivity index (χ2v) is 6.03. The third-order valence-corrected chi connectivity index (χ3v) is 4.39. The molecule has 4 rings (SSSR count). The van der Waals surface area contributed by atoms with Crippen molar-refractivity contribution in [1.29, 1.82) is 0 Å². The van der Waals surface area contributed by atoms with Crippen LogP contribution in [0.3, 0.4) is 0 Å². The molecule has 2 heterocycles. The molecule has 0 atom stereocenters. The summed E-state index contributed by atoms with van der Waals surface area (Å²) in [4.78, 5) is 12.4. The largest absolute Gasteiger partial charge is 0.338 e. The average molecular weight is 319 g/mol. The molecule has 0 amide bonds. The minimum Gasteiger partial charge on any atom is -0.338 e. The van der Waals surface area contributed by atoms with Gasteiger partial charge in [-0.05, 0) is 67.7 Å². The highest BCUT2D eigenvalue weighted by Gasteiger charge is 2.17. The zero-order valence-electron chi connectivity index (χ0n) is 13.3. The normalized spacial score (nSPS) is 14.5. The fraction of sp³-hybridized carbons (Fsp3) is 0.200. The number of benzene rings is 1. The Morgan fingerprint density at radius 2 is 1.71 bits per heavy atom. The van der Waals surface area contributed by atoms with E-state index >= 15 is 0 Å². The first-order valence-corrected chi connectivity index (χ1v) is 8.27. The van der Waals surface area contributed by atoms with Gasteiger partial charge in [0.15, 0.2) is 0 Å². The zero-order chi connectivity index (χ0) is 16.4. The molecule has 4 heteroatoms.